The van der Waals surface area contributed by atoms with E-state index in [1.54, 1.807) is 24.3 Å². The summed E-state index contributed by atoms with van der Waals surface area (Å²) in [6.07, 6.45) is 1.46. The normalized spacial score (nSPS) is 11.1. The molecule has 6 nitrogen and oxygen atoms in total. The second-order valence-electron chi connectivity index (χ2n) is 7.18. The second-order valence-corrected chi connectivity index (χ2v) is 7.99. The lowest BCUT2D eigenvalue weighted by Crippen LogP contribution is -1.98. The molecule has 0 saturated carbocycles. The van der Waals surface area contributed by atoms with Crippen LogP contribution in [0.1, 0.15) is 16.7 Å². The molecule has 4 aromatic rings. The number of rotatable bonds is 8. The summed E-state index contributed by atoms with van der Waals surface area (Å²) in [6.45, 7) is 0.409. The Bertz CT molecular complexity index is 1310. The summed E-state index contributed by atoms with van der Waals surface area (Å²) in [7, 11) is 0. The number of nitro benzene ring substituents is 1. The number of hydrogen-bond acceptors (Lipinski definition) is 5. The number of hydrogen-bond donors (Lipinski definition) is 0. The Morgan fingerprint density at radius 3 is 2.42 bits per heavy atom. The standard InChI is InChI=1S/C25H18Cl2N2O4/c26-23-12-18(14-28-33-15-17-5-3-9-21(11-17)29(30)31)13-24(27)25(23)32-16-20-8-4-7-19-6-1-2-10-22(19)20/h1-14H,15-16H2/b28-14-. The fourth-order valence-corrected chi connectivity index (χ4v) is 3.94. The maximum Gasteiger partial charge on any atom is 0.269 e. The topological polar surface area (TPSA) is 74.0 Å². The van der Waals surface area contributed by atoms with Gasteiger partial charge in [0.1, 0.15) is 13.2 Å². The number of benzene rings is 4. The molecule has 4 aromatic carbocycles. The van der Waals surface area contributed by atoms with Crippen molar-refractivity contribution >= 4 is 45.9 Å². The van der Waals surface area contributed by atoms with Gasteiger partial charge in [-0.2, -0.15) is 0 Å². The van der Waals surface area contributed by atoms with E-state index in [0.717, 1.165) is 16.3 Å². The number of fused-ring (bicyclic) bond motifs is 1. The third kappa shape index (κ3) is 5.61. The van der Waals surface area contributed by atoms with Crippen molar-refractivity contribution in [2.45, 2.75) is 13.2 Å². The number of nitrogens with zero attached hydrogens (tertiary/aromatic N) is 2. The molecule has 0 atom stereocenters. The van der Waals surface area contributed by atoms with Crippen LogP contribution in [-0.4, -0.2) is 11.1 Å². The van der Waals surface area contributed by atoms with Crippen LogP contribution < -0.4 is 4.74 Å². The van der Waals surface area contributed by atoms with Gasteiger partial charge in [0.15, 0.2) is 5.75 Å². The highest BCUT2D eigenvalue weighted by atomic mass is 35.5. The second kappa shape index (κ2) is 10.3. The van der Waals surface area contributed by atoms with Crippen LogP contribution >= 0.6 is 23.2 Å². The molecule has 33 heavy (non-hydrogen) atoms. The van der Waals surface area contributed by atoms with Gasteiger partial charge in [-0.1, -0.05) is 83.0 Å². The molecule has 166 valence electrons. The first-order valence-corrected chi connectivity index (χ1v) is 10.7. The van der Waals surface area contributed by atoms with Crippen molar-refractivity contribution in [3.63, 3.8) is 0 Å². The Labute approximate surface area is 200 Å². The first-order chi connectivity index (χ1) is 16.0. The molecule has 0 heterocycles. The van der Waals surface area contributed by atoms with E-state index in [4.69, 9.17) is 32.8 Å². The highest BCUT2D eigenvalue weighted by Gasteiger charge is 2.11. The molecule has 4 rings (SSSR count). The van der Waals surface area contributed by atoms with Gasteiger partial charge < -0.3 is 9.57 Å². The van der Waals surface area contributed by atoms with Crippen LogP contribution in [0.15, 0.2) is 84.0 Å². The summed E-state index contributed by atoms with van der Waals surface area (Å²) >= 11 is 12.8. The smallest absolute Gasteiger partial charge is 0.269 e. The molecule has 0 aliphatic rings. The fourth-order valence-electron chi connectivity index (χ4n) is 3.33. The van der Waals surface area contributed by atoms with E-state index in [1.807, 2.05) is 42.5 Å². The van der Waals surface area contributed by atoms with Crippen LogP contribution in [0.3, 0.4) is 0 Å². The van der Waals surface area contributed by atoms with E-state index in [9.17, 15) is 10.1 Å². The van der Waals surface area contributed by atoms with Gasteiger partial charge in [0.05, 0.1) is 21.2 Å². The van der Waals surface area contributed by atoms with E-state index < -0.39 is 4.92 Å². The van der Waals surface area contributed by atoms with Crippen LogP contribution in [0.4, 0.5) is 5.69 Å². The van der Waals surface area contributed by atoms with Crippen LogP contribution in [0.2, 0.25) is 10.0 Å². The molecule has 0 saturated heterocycles. The van der Waals surface area contributed by atoms with Gasteiger partial charge in [0.25, 0.3) is 5.69 Å². The van der Waals surface area contributed by atoms with E-state index in [1.165, 1.54) is 18.3 Å². The molecule has 0 amide bonds. The fraction of sp³-hybridized carbons (Fsp3) is 0.0800. The zero-order valence-corrected chi connectivity index (χ0v) is 18.8. The van der Waals surface area contributed by atoms with E-state index >= 15 is 0 Å². The van der Waals surface area contributed by atoms with Crippen molar-refractivity contribution < 1.29 is 14.5 Å². The van der Waals surface area contributed by atoms with E-state index in [0.29, 0.717) is 33.5 Å². The Hall–Kier alpha value is -3.61. The van der Waals surface area contributed by atoms with Crippen molar-refractivity contribution in [2.24, 2.45) is 5.16 Å². The highest BCUT2D eigenvalue weighted by Crippen LogP contribution is 2.35. The van der Waals surface area contributed by atoms with Crippen LogP contribution in [-0.2, 0) is 18.1 Å². The van der Waals surface area contributed by atoms with Gasteiger partial charge >= 0.3 is 0 Å². The first-order valence-electron chi connectivity index (χ1n) is 9.98. The zero-order valence-electron chi connectivity index (χ0n) is 17.3. The number of nitro groups is 1. The molecule has 0 aromatic heterocycles. The molecule has 0 aliphatic heterocycles. The maximum absolute atomic E-state index is 10.8. The van der Waals surface area contributed by atoms with Gasteiger partial charge in [0.2, 0.25) is 0 Å². The third-order valence-corrected chi connectivity index (χ3v) is 5.46. The van der Waals surface area contributed by atoms with E-state index in [-0.39, 0.29) is 12.3 Å². The number of ether oxygens (including phenoxy) is 1. The first kappa shape index (κ1) is 22.6. The molecule has 0 fully saturated rings. The van der Waals surface area contributed by atoms with Gasteiger partial charge in [-0.05, 0) is 39.6 Å². The summed E-state index contributed by atoms with van der Waals surface area (Å²) in [5.74, 6) is 0.390. The number of oxime groups is 1. The van der Waals surface area contributed by atoms with Crippen LogP contribution in [0, 0.1) is 10.1 Å². The number of halogens is 2. The minimum absolute atomic E-state index is 0.00210. The molecule has 0 aliphatic carbocycles. The Balaban J connectivity index is 1.40. The van der Waals surface area contributed by atoms with Gasteiger partial charge in [-0.15, -0.1) is 0 Å². The molecule has 0 radical (unpaired) electrons. The van der Waals surface area contributed by atoms with Gasteiger partial charge in [0, 0.05) is 12.1 Å². The lowest BCUT2D eigenvalue weighted by atomic mass is 10.1. The third-order valence-electron chi connectivity index (χ3n) is 4.90. The summed E-state index contributed by atoms with van der Waals surface area (Å²) in [5, 5.41) is 17.7. The van der Waals surface area contributed by atoms with E-state index in [2.05, 4.69) is 5.16 Å². The summed E-state index contributed by atoms with van der Waals surface area (Å²) < 4.78 is 5.94. The Morgan fingerprint density at radius 1 is 0.909 bits per heavy atom. The zero-order chi connectivity index (χ0) is 23.2. The van der Waals surface area contributed by atoms with Gasteiger partial charge in [-0.3, -0.25) is 10.1 Å². The highest BCUT2D eigenvalue weighted by molar-refractivity contribution is 6.37. The largest absolute Gasteiger partial charge is 0.486 e. The SMILES string of the molecule is O=[N+]([O-])c1cccc(CO/N=C\c2cc(Cl)c(OCc3cccc4ccccc34)c(Cl)c2)c1. The van der Waals surface area contributed by atoms with Gasteiger partial charge in [-0.25, -0.2) is 0 Å². The monoisotopic (exact) mass is 480 g/mol. The van der Waals surface area contributed by atoms with Crippen LogP contribution in [0.25, 0.3) is 10.8 Å². The molecule has 8 heteroatoms. The van der Waals surface area contributed by atoms with Crippen molar-refractivity contribution in [3.8, 4) is 5.75 Å². The van der Waals surface area contributed by atoms with Crippen molar-refractivity contribution in [1.82, 2.24) is 0 Å². The maximum atomic E-state index is 10.8. The Morgan fingerprint density at radius 2 is 1.64 bits per heavy atom. The molecular formula is C25H18Cl2N2O4. The lowest BCUT2D eigenvalue weighted by Gasteiger charge is -2.12. The summed E-state index contributed by atoms with van der Waals surface area (Å²) in [5.41, 5.74) is 2.29. The predicted octanol–water partition coefficient (Wildman–Crippen LogP) is 7.18. The lowest BCUT2D eigenvalue weighted by molar-refractivity contribution is -0.384. The average molecular weight is 481 g/mol. The quantitative estimate of drug-likeness (QED) is 0.152. The Kier molecular flexibility index (Phi) is 7.07. The average Bonchev–Trinajstić information content (AvgIpc) is 2.81. The van der Waals surface area contributed by atoms with Crippen LogP contribution in [0.5, 0.6) is 5.75 Å². The molecule has 0 N–H and O–H groups in total. The summed E-state index contributed by atoms with van der Waals surface area (Å²) in [6, 6.07) is 23.6. The number of non-ortho nitro benzene ring substituents is 1. The minimum Gasteiger partial charge on any atom is -0.486 e. The molecule has 0 unspecified atom stereocenters. The minimum atomic E-state index is -0.458. The van der Waals surface area contributed by atoms with Crippen molar-refractivity contribution in [1.29, 1.82) is 0 Å². The van der Waals surface area contributed by atoms with Crippen molar-refractivity contribution in [3.05, 3.63) is 116 Å². The predicted molar refractivity (Wildman–Crippen MR) is 130 cm³/mol. The molecular weight excluding hydrogens is 463 g/mol. The molecule has 0 bridgehead atoms. The molecule has 0 spiro atoms. The summed E-state index contributed by atoms with van der Waals surface area (Å²) in [4.78, 5) is 15.6. The van der Waals surface area contributed by atoms with Crippen molar-refractivity contribution in [2.75, 3.05) is 0 Å².